The number of fused-ring (bicyclic) bond motifs is 1. The number of nitrogens with zero attached hydrogens (tertiary/aromatic N) is 3. The van der Waals surface area contributed by atoms with Crippen LogP contribution in [0.2, 0.25) is 0 Å². The van der Waals surface area contributed by atoms with Crippen molar-refractivity contribution < 1.29 is 9.53 Å². The first-order chi connectivity index (χ1) is 14.0. The van der Waals surface area contributed by atoms with Crippen molar-refractivity contribution >= 4 is 11.6 Å². The zero-order valence-electron chi connectivity index (χ0n) is 17.7. The lowest BCUT2D eigenvalue weighted by Crippen LogP contribution is -2.52. The summed E-state index contributed by atoms with van der Waals surface area (Å²) in [5.74, 6) is 1.18. The Morgan fingerprint density at radius 2 is 2.21 bits per heavy atom. The van der Waals surface area contributed by atoms with Crippen LogP contribution >= 0.6 is 0 Å². The van der Waals surface area contributed by atoms with Gasteiger partial charge < -0.3 is 14.5 Å². The van der Waals surface area contributed by atoms with Gasteiger partial charge in [-0.15, -0.1) is 0 Å². The Morgan fingerprint density at radius 1 is 1.34 bits per heavy atom. The van der Waals surface area contributed by atoms with E-state index in [1.165, 1.54) is 11.3 Å². The number of rotatable bonds is 6. The summed E-state index contributed by atoms with van der Waals surface area (Å²) in [4.78, 5) is 17.8. The molecule has 0 unspecified atom stereocenters. The third kappa shape index (κ3) is 3.98. The number of nitrogens with one attached hydrogen (secondary N) is 1. The van der Waals surface area contributed by atoms with E-state index in [4.69, 9.17) is 4.74 Å². The van der Waals surface area contributed by atoms with E-state index in [0.29, 0.717) is 18.4 Å². The van der Waals surface area contributed by atoms with Gasteiger partial charge in [-0.1, -0.05) is 6.07 Å². The lowest BCUT2D eigenvalue weighted by Gasteiger charge is -2.42. The number of carbonyl (C=O) groups is 1. The Morgan fingerprint density at radius 3 is 2.97 bits per heavy atom. The minimum Gasteiger partial charge on any atom is -0.497 e. The number of benzene rings is 1. The molecule has 0 spiro atoms. The molecular formula is C23H32N4O2. The molecule has 3 heterocycles. The number of hydrogen-bond donors (Lipinski definition) is 1. The molecule has 4 rings (SSSR count). The van der Waals surface area contributed by atoms with Crippen molar-refractivity contribution in [3.8, 4) is 5.75 Å². The number of H-pyrrole nitrogens is 1. The molecule has 2 aliphatic heterocycles. The van der Waals surface area contributed by atoms with Crippen molar-refractivity contribution in [3.63, 3.8) is 0 Å². The molecule has 2 aromatic rings. The molecule has 1 aromatic carbocycles. The number of piperidine rings is 1. The number of ether oxygens (including phenoxy) is 1. The Kier molecular flexibility index (Phi) is 5.52. The van der Waals surface area contributed by atoms with Crippen molar-refractivity contribution in [1.82, 2.24) is 15.1 Å². The first kappa shape index (κ1) is 19.8. The molecule has 2 fully saturated rings. The minimum atomic E-state index is 0.00135. The third-order valence-corrected chi connectivity index (χ3v) is 6.50. The van der Waals surface area contributed by atoms with E-state index < -0.39 is 0 Å². The van der Waals surface area contributed by atoms with Gasteiger partial charge in [0, 0.05) is 36.5 Å². The van der Waals surface area contributed by atoms with Crippen molar-refractivity contribution in [1.29, 1.82) is 0 Å². The normalized spacial score (nSPS) is 23.1. The summed E-state index contributed by atoms with van der Waals surface area (Å²) in [6.07, 6.45) is 9.31. The van der Waals surface area contributed by atoms with E-state index >= 15 is 0 Å². The second-order valence-corrected chi connectivity index (χ2v) is 8.91. The molecule has 2 aliphatic rings. The van der Waals surface area contributed by atoms with E-state index in [-0.39, 0.29) is 11.6 Å². The van der Waals surface area contributed by atoms with E-state index in [1.54, 1.807) is 7.11 Å². The van der Waals surface area contributed by atoms with Crippen LogP contribution in [0, 0.1) is 0 Å². The maximum atomic E-state index is 13.1. The van der Waals surface area contributed by atoms with E-state index in [9.17, 15) is 4.79 Å². The fraction of sp³-hybridized carbons (Fsp3) is 0.565. The van der Waals surface area contributed by atoms with Gasteiger partial charge in [-0.3, -0.25) is 9.89 Å². The summed E-state index contributed by atoms with van der Waals surface area (Å²) in [5, 5.41) is 6.82. The van der Waals surface area contributed by atoms with Crippen LogP contribution in [0.1, 0.15) is 51.5 Å². The first-order valence-corrected chi connectivity index (χ1v) is 10.7. The molecule has 2 atom stereocenters. The zero-order valence-corrected chi connectivity index (χ0v) is 17.7. The Labute approximate surface area is 173 Å². The highest BCUT2D eigenvalue weighted by Gasteiger charge is 2.50. The van der Waals surface area contributed by atoms with Gasteiger partial charge in [0.1, 0.15) is 5.75 Å². The topological polar surface area (TPSA) is 61.5 Å². The molecule has 6 heteroatoms. The molecule has 2 saturated heterocycles. The van der Waals surface area contributed by atoms with Gasteiger partial charge in [0.05, 0.1) is 25.4 Å². The lowest BCUT2D eigenvalue weighted by atomic mass is 9.93. The summed E-state index contributed by atoms with van der Waals surface area (Å²) in [5.41, 5.74) is 2.36. The maximum Gasteiger partial charge on any atom is 0.222 e. The average molecular weight is 397 g/mol. The summed E-state index contributed by atoms with van der Waals surface area (Å²) in [6, 6.07) is 8.98. The largest absolute Gasteiger partial charge is 0.497 e. The molecule has 0 radical (unpaired) electrons. The van der Waals surface area contributed by atoms with Gasteiger partial charge in [0.15, 0.2) is 0 Å². The minimum absolute atomic E-state index is 0.00135. The van der Waals surface area contributed by atoms with Crippen LogP contribution in [-0.2, 0) is 11.2 Å². The fourth-order valence-electron chi connectivity index (χ4n) is 5.26. The molecular weight excluding hydrogens is 364 g/mol. The van der Waals surface area contributed by atoms with Gasteiger partial charge in [0.25, 0.3) is 0 Å². The van der Waals surface area contributed by atoms with Crippen LogP contribution in [-0.4, -0.2) is 52.3 Å². The highest BCUT2D eigenvalue weighted by molar-refractivity contribution is 5.77. The average Bonchev–Trinajstić information content (AvgIpc) is 3.31. The van der Waals surface area contributed by atoms with Crippen molar-refractivity contribution in [2.75, 3.05) is 18.6 Å². The molecule has 156 valence electrons. The number of carbonyl (C=O) groups excluding carboxylic acids is 1. The number of aromatic nitrogens is 2. The Hall–Kier alpha value is -2.50. The Bertz CT molecular complexity index is 833. The summed E-state index contributed by atoms with van der Waals surface area (Å²) in [7, 11) is 1.71. The maximum absolute atomic E-state index is 13.1. The lowest BCUT2D eigenvalue weighted by molar-refractivity contribution is -0.135. The smallest absolute Gasteiger partial charge is 0.222 e. The Balaban J connectivity index is 1.48. The van der Waals surface area contributed by atoms with Gasteiger partial charge in [0.2, 0.25) is 5.91 Å². The third-order valence-electron chi connectivity index (χ3n) is 6.50. The fourth-order valence-corrected chi connectivity index (χ4v) is 5.26. The second-order valence-electron chi connectivity index (χ2n) is 8.91. The zero-order chi connectivity index (χ0) is 20.4. The van der Waals surface area contributed by atoms with E-state index in [0.717, 1.165) is 44.4 Å². The van der Waals surface area contributed by atoms with E-state index in [2.05, 4.69) is 52.0 Å². The molecule has 6 nitrogen and oxygen atoms in total. The van der Waals surface area contributed by atoms with Crippen molar-refractivity contribution in [3.05, 3.63) is 42.2 Å². The molecule has 1 aromatic heterocycles. The molecule has 0 bridgehead atoms. The van der Waals surface area contributed by atoms with Crippen LogP contribution in [0.5, 0.6) is 5.75 Å². The van der Waals surface area contributed by atoms with E-state index in [1.807, 2.05) is 18.5 Å². The second kappa shape index (κ2) is 8.09. The number of aromatic amines is 1. The summed E-state index contributed by atoms with van der Waals surface area (Å²) in [6.45, 7) is 5.48. The van der Waals surface area contributed by atoms with Gasteiger partial charge >= 0.3 is 0 Å². The van der Waals surface area contributed by atoms with Crippen molar-refractivity contribution in [2.45, 2.75) is 70.0 Å². The molecule has 0 saturated carbocycles. The van der Waals surface area contributed by atoms with Crippen LogP contribution in [0.25, 0.3) is 0 Å². The quantitative estimate of drug-likeness (QED) is 0.807. The van der Waals surface area contributed by atoms with Gasteiger partial charge in [-0.25, -0.2) is 0 Å². The summed E-state index contributed by atoms with van der Waals surface area (Å²) >= 11 is 0. The number of amides is 1. The van der Waals surface area contributed by atoms with Crippen LogP contribution in [0.15, 0.2) is 36.7 Å². The van der Waals surface area contributed by atoms with Crippen LogP contribution in [0.4, 0.5) is 5.69 Å². The number of anilines is 1. The summed E-state index contributed by atoms with van der Waals surface area (Å²) < 4.78 is 5.46. The number of aryl methyl sites for hydroxylation is 1. The number of methoxy groups -OCH3 is 1. The highest BCUT2D eigenvalue weighted by atomic mass is 16.5. The number of hydrogen-bond acceptors (Lipinski definition) is 4. The molecule has 1 N–H and O–H groups in total. The monoisotopic (exact) mass is 396 g/mol. The highest BCUT2D eigenvalue weighted by Crippen LogP contribution is 2.44. The molecule has 1 amide bonds. The number of likely N-dealkylation sites (tertiary alicyclic amines) is 1. The van der Waals surface area contributed by atoms with Gasteiger partial charge in [-0.05, 0) is 63.6 Å². The standard InChI is InChI=1S/C23H32N4O2/c1-23(2)14-21-20(27(23)18-8-5-9-19(13-18)29-3)10-6-12-26(21)22(28)11-4-7-17-15-24-25-16-17/h5,8-9,13,15-16,20-21H,4,6-7,10-12,14H2,1-3H3,(H,24,25)/t20-,21-/m0/s1. The van der Waals surface area contributed by atoms with Crippen molar-refractivity contribution in [2.24, 2.45) is 0 Å². The van der Waals surface area contributed by atoms with Crippen LogP contribution < -0.4 is 9.64 Å². The molecule has 0 aliphatic carbocycles. The SMILES string of the molecule is COc1cccc(N2[C@H]3CCCN(C(=O)CCCc4cn[nH]c4)[C@H]3CC2(C)C)c1. The first-order valence-electron chi connectivity index (χ1n) is 10.7. The van der Waals surface area contributed by atoms with Crippen LogP contribution in [0.3, 0.4) is 0 Å². The predicted octanol–water partition coefficient (Wildman–Crippen LogP) is 3.79. The molecule has 29 heavy (non-hydrogen) atoms. The van der Waals surface area contributed by atoms with Gasteiger partial charge in [-0.2, -0.15) is 5.10 Å². The predicted molar refractivity (Wildman–Crippen MR) is 114 cm³/mol.